The van der Waals surface area contributed by atoms with E-state index in [0.717, 1.165) is 43.6 Å². The van der Waals surface area contributed by atoms with Crippen LogP contribution in [0.1, 0.15) is 29.5 Å². The maximum Gasteiger partial charge on any atom is 0.283 e. The van der Waals surface area contributed by atoms with E-state index >= 15 is 0 Å². The van der Waals surface area contributed by atoms with Crippen LogP contribution in [0.2, 0.25) is 0 Å². The highest BCUT2D eigenvalue weighted by Crippen LogP contribution is 2.52. The van der Waals surface area contributed by atoms with Crippen molar-refractivity contribution >= 4 is 6.02 Å². The lowest BCUT2D eigenvalue weighted by molar-refractivity contribution is 0.0276. The van der Waals surface area contributed by atoms with Crippen LogP contribution in [-0.4, -0.2) is 33.0 Å². The predicted octanol–water partition coefficient (Wildman–Crippen LogP) is 3.37. The van der Waals surface area contributed by atoms with Crippen LogP contribution in [0.4, 0.5) is 0 Å². The van der Waals surface area contributed by atoms with Gasteiger partial charge in [0.25, 0.3) is 6.02 Å². The zero-order valence-corrected chi connectivity index (χ0v) is 17.1. The molecule has 5 rings (SSSR count). The maximum absolute atomic E-state index is 9.40. The van der Waals surface area contributed by atoms with Crippen molar-refractivity contribution in [2.24, 2.45) is 22.6 Å². The van der Waals surface area contributed by atoms with Gasteiger partial charge in [-0.25, -0.2) is 4.99 Å². The fourth-order valence-corrected chi connectivity index (χ4v) is 5.34. The lowest BCUT2D eigenvalue weighted by Crippen LogP contribution is -2.38. The first-order chi connectivity index (χ1) is 14.6. The molecule has 2 atom stereocenters. The van der Waals surface area contributed by atoms with E-state index in [0.29, 0.717) is 29.8 Å². The molecule has 0 bridgehead atoms. The third kappa shape index (κ3) is 3.01. The van der Waals surface area contributed by atoms with Gasteiger partial charge in [-0.2, -0.15) is 5.26 Å². The van der Waals surface area contributed by atoms with Gasteiger partial charge in [-0.3, -0.25) is 0 Å². The Kier molecular flexibility index (Phi) is 4.63. The number of nitrogens with two attached hydrogens (primary N) is 1. The van der Waals surface area contributed by atoms with Crippen molar-refractivity contribution in [1.29, 1.82) is 5.26 Å². The summed E-state index contributed by atoms with van der Waals surface area (Å²) in [7, 11) is 1.61. The molecule has 2 heterocycles. The Bertz CT molecular complexity index is 1050. The molecule has 1 saturated heterocycles. The van der Waals surface area contributed by atoms with Crippen LogP contribution in [0, 0.1) is 23.2 Å². The van der Waals surface area contributed by atoms with Crippen molar-refractivity contribution in [3.8, 4) is 22.9 Å². The second-order valence-corrected chi connectivity index (χ2v) is 8.36. The smallest absolute Gasteiger partial charge is 0.283 e. The summed E-state index contributed by atoms with van der Waals surface area (Å²) in [6.45, 7) is 2.10. The van der Waals surface area contributed by atoms with Gasteiger partial charge in [0.1, 0.15) is 17.9 Å². The first kappa shape index (κ1) is 19.0. The third-order valence-electron chi connectivity index (χ3n) is 6.82. The predicted molar refractivity (Wildman–Crippen MR) is 113 cm³/mol. The fraction of sp³-hybridized carbons (Fsp3) is 0.417. The summed E-state index contributed by atoms with van der Waals surface area (Å²) >= 11 is 0. The number of fused-ring (bicyclic) bond motifs is 2. The van der Waals surface area contributed by atoms with E-state index in [2.05, 4.69) is 24.3 Å². The van der Waals surface area contributed by atoms with E-state index in [-0.39, 0.29) is 6.02 Å². The Labute approximate surface area is 176 Å². The molecule has 2 aromatic carbocycles. The molecule has 2 aromatic rings. The van der Waals surface area contributed by atoms with E-state index in [9.17, 15) is 5.26 Å². The van der Waals surface area contributed by atoms with Crippen molar-refractivity contribution in [1.82, 2.24) is 0 Å². The van der Waals surface area contributed by atoms with Crippen LogP contribution in [-0.2, 0) is 21.4 Å². The Balaban J connectivity index is 1.60. The number of nitriles is 1. The molecule has 1 spiro atoms. The number of methoxy groups -OCH3 is 1. The summed E-state index contributed by atoms with van der Waals surface area (Å²) < 4.78 is 16.7. The van der Waals surface area contributed by atoms with Gasteiger partial charge < -0.3 is 19.9 Å². The number of benzene rings is 2. The van der Waals surface area contributed by atoms with Crippen LogP contribution < -0.4 is 10.5 Å². The fourth-order valence-electron chi connectivity index (χ4n) is 5.34. The van der Waals surface area contributed by atoms with Crippen molar-refractivity contribution < 1.29 is 14.2 Å². The number of hydrogen-bond donors (Lipinski definition) is 1. The maximum atomic E-state index is 9.40. The van der Waals surface area contributed by atoms with Crippen molar-refractivity contribution in [3.05, 3.63) is 53.1 Å². The quantitative estimate of drug-likeness (QED) is 0.849. The molecule has 0 saturated carbocycles. The van der Waals surface area contributed by atoms with E-state index in [1.54, 1.807) is 13.2 Å². The molecule has 154 valence electrons. The molecule has 6 heteroatoms. The molecular weight excluding hydrogens is 378 g/mol. The highest BCUT2D eigenvalue weighted by Gasteiger charge is 2.53. The largest absolute Gasteiger partial charge is 0.497 e. The molecule has 30 heavy (non-hydrogen) atoms. The Hall–Kier alpha value is -3.04. The molecule has 3 aliphatic rings. The van der Waals surface area contributed by atoms with Crippen molar-refractivity contribution in [2.45, 2.75) is 24.8 Å². The van der Waals surface area contributed by atoms with Gasteiger partial charge in [0.2, 0.25) is 0 Å². The second kappa shape index (κ2) is 7.33. The Morgan fingerprint density at radius 1 is 1.17 bits per heavy atom. The van der Waals surface area contributed by atoms with E-state index in [1.165, 1.54) is 11.1 Å². The number of rotatable bonds is 3. The van der Waals surface area contributed by atoms with Gasteiger partial charge in [0, 0.05) is 13.2 Å². The van der Waals surface area contributed by atoms with E-state index in [1.807, 2.05) is 12.1 Å². The van der Waals surface area contributed by atoms with Crippen molar-refractivity contribution in [2.75, 3.05) is 26.9 Å². The van der Waals surface area contributed by atoms with Gasteiger partial charge in [-0.1, -0.05) is 12.1 Å². The lowest BCUT2D eigenvalue weighted by atomic mass is 9.74. The van der Waals surface area contributed by atoms with Crippen LogP contribution >= 0.6 is 0 Å². The van der Waals surface area contributed by atoms with Gasteiger partial charge in [-0.15, -0.1) is 0 Å². The highest BCUT2D eigenvalue weighted by atomic mass is 16.5. The second-order valence-electron chi connectivity index (χ2n) is 8.36. The molecule has 0 amide bonds. The third-order valence-corrected chi connectivity index (χ3v) is 6.82. The summed E-state index contributed by atoms with van der Waals surface area (Å²) in [6, 6.07) is 14.6. The van der Waals surface area contributed by atoms with Gasteiger partial charge >= 0.3 is 0 Å². The van der Waals surface area contributed by atoms with Gasteiger partial charge in [0.05, 0.1) is 18.7 Å². The standard InChI is InChI=1S/C24H25N3O3/c1-28-20-9-15(13-25)8-19(10-20)17-2-3-18-12-21(16-4-6-29-7-5-16)24(22(18)11-17)14-30-23(26)27-24/h2-3,8-11,16,21H,4-7,12,14H2,1H3,(H2,26,27). The molecule has 2 N–H and O–H groups in total. The first-order valence-corrected chi connectivity index (χ1v) is 10.4. The molecule has 0 aromatic heterocycles. The number of amidine groups is 1. The molecule has 2 unspecified atom stereocenters. The Morgan fingerprint density at radius 2 is 2.00 bits per heavy atom. The van der Waals surface area contributed by atoms with E-state index < -0.39 is 5.54 Å². The average Bonchev–Trinajstić information content (AvgIpc) is 3.34. The molecule has 2 aliphatic heterocycles. The molecule has 6 nitrogen and oxygen atoms in total. The Morgan fingerprint density at radius 3 is 2.70 bits per heavy atom. The average molecular weight is 403 g/mol. The SMILES string of the molecule is COc1cc(C#N)cc(-c2ccc3c(c2)C2(COC(N)=N2)C(C2CCOCC2)C3)c1. The van der Waals surface area contributed by atoms with Gasteiger partial charge in [-0.05, 0) is 77.6 Å². The number of aliphatic imine (C=N–C) groups is 1. The number of ether oxygens (including phenoxy) is 3. The summed E-state index contributed by atoms with van der Waals surface area (Å²) in [4.78, 5) is 4.87. The summed E-state index contributed by atoms with van der Waals surface area (Å²) in [6.07, 6.45) is 3.07. The minimum Gasteiger partial charge on any atom is -0.497 e. The minimum atomic E-state index is -0.436. The summed E-state index contributed by atoms with van der Waals surface area (Å²) in [5.41, 5.74) is 10.6. The normalized spacial score (nSPS) is 25.5. The number of hydrogen-bond acceptors (Lipinski definition) is 6. The topological polar surface area (TPSA) is 89.9 Å². The molecule has 0 radical (unpaired) electrons. The van der Waals surface area contributed by atoms with Crippen LogP contribution in [0.25, 0.3) is 11.1 Å². The van der Waals surface area contributed by atoms with Crippen LogP contribution in [0.15, 0.2) is 41.4 Å². The molecule has 1 fully saturated rings. The zero-order chi connectivity index (χ0) is 20.7. The van der Waals surface area contributed by atoms with Gasteiger partial charge in [0.15, 0.2) is 0 Å². The molecular formula is C24H25N3O3. The first-order valence-electron chi connectivity index (χ1n) is 10.4. The minimum absolute atomic E-state index is 0.276. The highest BCUT2D eigenvalue weighted by molar-refractivity contribution is 5.76. The van der Waals surface area contributed by atoms with Crippen molar-refractivity contribution in [3.63, 3.8) is 0 Å². The monoisotopic (exact) mass is 403 g/mol. The molecule has 1 aliphatic carbocycles. The summed E-state index contributed by atoms with van der Waals surface area (Å²) in [5, 5.41) is 9.40. The van der Waals surface area contributed by atoms with Crippen LogP contribution in [0.5, 0.6) is 5.75 Å². The number of nitrogens with zero attached hydrogens (tertiary/aromatic N) is 2. The van der Waals surface area contributed by atoms with Crippen LogP contribution in [0.3, 0.4) is 0 Å². The zero-order valence-electron chi connectivity index (χ0n) is 17.1. The lowest BCUT2D eigenvalue weighted by Gasteiger charge is -2.35. The summed E-state index contributed by atoms with van der Waals surface area (Å²) in [5.74, 6) is 1.56. The van der Waals surface area contributed by atoms with E-state index in [4.69, 9.17) is 24.9 Å².